The van der Waals surface area contributed by atoms with E-state index in [1.54, 1.807) is 16.9 Å². The molecule has 3 aromatic rings. The second-order valence-electron chi connectivity index (χ2n) is 9.95. The van der Waals surface area contributed by atoms with E-state index in [9.17, 15) is 31.1 Å². The predicted octanol–water partition coefficient (Wildman–Crippen LogP) is 4.81. The monoisotopic (exact) mass is 569 g/mol. The molecule has 2 N–H and O–H groups in total. The Morgan fingerprint density at radius 2 is 1.82 bits per heavy atom. The summed E-state index contributed by atoms with van der Waals surface area (Å²) >= 11 is 0. The highest BCUT2D eigenvalue weighted by atomic mass is 19.4. The number of rotatable bonds is 9. The summed E-state index contributed by atoms with van der Waals surface area (Å²) in [7, 11) is 0. The van der Waals surface area contributed by atoms with Crippen LogP contribution in [0.1, 0.15) is 55.6 Å². The molecule has 1 aliphatic carbocycles. The smallest absolute Gasteiger partial charge is 0.416 e. The van der Waals surface area contributed by atoms with Crippen LogP contribution < -0.4 is 10.1 Å². The van der Waals surface area contributed by atoms with Gasteiger partial charge < -0.3 is 10.1 Å². The van der Waals surface area contributed by atoms with Crippen molar-refractivity contribution in [2.24, 2.45) is 5.92 Å². The Bertz CT molecular complexity index is 1360. The summed E-state index contributed by atoms with van der Waals surface area (Å²) in [5, 5.41) is 19.7. The molecule has 1 saturated carbocycles. The van der Waals surface area contributed by atoms with Crippen LogP contribution in [0.5, 0.6) is 5.75 Å². The predicted molar refractivity (Wildman–Crippen MR) is 128 cm³/mol. The maximum Gasteiger partial charge on any atom is 0.416 e. The average molecular weight is 570 g/mol. The van der Waals surface area contributed by atoms with Crippen LogP contribution in [-0.4, -0.2) is 55.3 Å². The van der Waals surface area contributed by atoms with E-state index in [0.717, 1.165) is 31.4 Å². The number of H-pyrrole nitrogens is 1. The number of aromatic amines is 1. The minimum absolute atomic E-state index is 0.0134. The van der Waals surface area contributed by atoms with Crippen molar-refractivity contribution in [2.45, 2.75) is 63.0 Å². The first kappa shape index (κ1) is 27.6. The van der Waals surface area contributed by atoms with Crippen molar-refractivity contribution in [2.75, 3.05) is 6.61 Å². The minimum Gasteiger partial charge on any atom is -0.494 e. The van der Waals surface area contributed by atoms with Crippen molar-refractivity contribution in [3.05, 3.63) is 53.6 Å². The third kappa shape index (κ3) is 5.68. The Labute approximate surface area is 224 Å². The van der Waals surface area contributed by atoms with Crippen LogP contribution >= 0.6 is 0 Å². The summed E-state index contributed by atoms with van der Waals surface area (Å²) in [4.78, 5) is 13.3. The van der Waals surface area contributed by atoms with Gasteiger partial charge in [0.2, 0.25) is 0 Å². The average Bonchev–Trinajstić information content (AvgIpc) is 3.55. The van der Waals surface area contributed by atoms with Crippen LogP contribution in [0.15, 0.2) is 36.5 Å². The van der Waals surface area contributed by atoms with E-state index in [-0.39, 0.29) is 47.0 Å². The van der Waals surface area contributed by atoms with Gasteiger partial charge in [-0.2, -0.15) is 31.4 Å². The van der Waals surface area contributed by atoms with E-state index in [4.69, 9.17) is 4.74 Å². The summed E-state index contributed by atoms with van der Waals surface area (Å²) in [5.41, 5.74) is -3.05. The molecule has 5 rings (SSSR count). The van der Waals surface area contributed by atoms with Crippen molar-refractivity contribution < 1.29 is 35.9 Å². The lowest BCUT2D eigenvalue weighted by Gasteiger charge is -2.41. The Hall–Kier alpha value is -3.91. The highest BCUT2D eigenvalue weighted by Crippen LogP contribution is 2.49. The molecule has 1 fully saturated rings. The molecule has 2 aromatic heterocycles. The molecule has 214 valence electrons. The van der Waals surface area contributed by atoms with Crippen molar-refractivity contribution in [3.8, 4) is 5.75 Å². The zero-order valence-electron chi connectivity index (χ0n) is 21.0. The highest BCUT2D eigenvalue weighted by Gasteiger charge is 2.60. The SMILES string of the molecule is O=C1N[C@@](c2ccc(OCCCC(F)(F)F)cc2)(C(F)(F)F)CC(c2ccn(CC3CCC3)n2)=C1c1nnn[nH]1. The van der Waals surface area contributed by atoms with Gasteiger partial charge in [0.05, 0.1) is 17.9 Å². The molecule has 1 aliphatic heterocycles. The summed E-state index contributed by atoms with van der Waals surface area (Å²) in [6.07, 6.45) is -6.42. The van der Waals surface area contributed by atoms with Crippen LogP contribution in [0.25, 0.3) is 11.1 Å². The maximum absolute atomic E-state index is 14.9. The van der Waals surface area contributed by atoms with Gasteiger partial charge in [0.15, 0.2) is 11.4 Å². The number of tetrazole rings is 1. The van der Waals surface area contributed by atoms with E-state index in [1.165, 1.54) is 12.1 Å². The van der Waals surface area contributed by atoms with E-state index >= 15 is 0 Å². The number of carbonyl (C=O) groups is 1. The first-order valence-electron chi connectivity index (χ1n) is 12.7. The van der Waals surface area contributed by atoms with Gasteiger partial charge in [0.1, 0.15) is 5.75 Å². The van der Waals surface area contributed by atoms with Crippen LogP contribution in [0.2, 0.25) is 0 Å². The summed E-state index contributed by atoms with van der Waals surface area (Å²) in [6, 6.07) is 6.31. The molecule has 0 radical (unpaired) electrons. The molecule has 9 nitrogen and oxygen atoms in total. The molecule has 40 heavy (non-hydrogen) atoms. The lowest BCUT2D eigenvalue weighted by molar-refractivity contribution is -0.201. The second-order valence-corrected chi connectivity index (χ2v) is 9.95. The lowest BCUT2D eigenvalue weighted by Crippen LogP contribution is -2.58. The molecule has 0 spiro atoms. The topological polar surface area (TPSA) is 111 Å². The molecule has 1 amide bonds. The van der Waals surface area contributed by atoms with Gasteiger partial charge >= 0.3 is 12.4 Å². The number of benzene rings is 1. The fourth-order valence-corrected chi connectivity index (χ4v) is 4.90. The normalized spacial score (nSPS) is 20.4. The number of ether oxygens (including phenoxy) is 1. The van der Waals surface area contributed by atoms with Crippen molar-refractivity contribution in [1.29, 1.82) is 0 Å². The molecule has 0 bridgehead atoms. The van der Waals surface area contributed by atoms with Crippen LogP contribution in [0.3, 0.4) is 0 Å². The Kier molecular flexibility index (Phi) is 7.31. The van der Waals surface area contributed by atoms with Crippen LogP contribution in [0, 0.1) is 5.92 Å². The summed E-state index contributed by atoms with van der Waals surface area (Å²) in [6.45, 7) is 0.360. The summed E-state index contributed by atoms with van der Waals surface area (Å²) in [5.74, 6) is -0.598. The quantitative estimate of drug-likeness (QED) is 0.283. The van der Waals surface area contributed by atoms with Crippen LogP contribution in [0.4, 0.5) is 26.3 Å². The number of amides is 1. The number of aromatic nitrogens is 6. The molecular formula is C25H25F6N7O2. The minimum atomic E-state index is -4.94. The third-order valence-electron chi connectivity index (χ3n) is 7.20. The van der Waals surface area contributed by atoms with E-state index in [0.29, 0.717) is 12.5 Å². The molecule has 3 heterocycles. The van der Waals surface area contributed by atoms with Gasteiger partial charge in [-0.1, -0.05) is 18.6 Å². The first-order valence-corrected chi connectivity index (χ1v) is 12.7. The molecule has 1 aromatic carbocycles. The number of nitrogens with one attached hydrogen (secondary N) is 2. The van der Waals surface area contributed by atoms with Crippen molar-refractivity contribution in [1.82, 2.24) is 35.7 Å². The number of halogens is 6. The van der Waals surface area contributed by atoms with Crippen molar-refractivity contribution >= 4 is 17.1 Å². The third-order valence-corrected chi connectivity index (χ3v) is 7.20. The summed E-state index contributed by atoms with van der Waals surface area (Å²) < 4.78 is 88.6. The maximum atomic E-state index is 14.9. The Morgan fingerprint density at radius 3 is 2.42 bits per heavy atom. The van der Waals surface area contributed by atoms with Gasteiger partial charge in [-0.25, -0.2) is 5.10 Å². The van der Waals surface area contributed by atoms with Gasteiger partial charge in [-0.15, -0.1) is 5.10 Å². The molecule has 0 unspecified atom stereocenters. The number of carbonyl (C=O) groups excluding carboxylic acids is 1. The van der Waals surface area contributed by atoms with E-state index in [2.05, 4.69) is 31.0 Å². The molecular weight excluding hydrogens is 544 g/mol. The number of nitrogens with zero attached hydrogens (tertiary/aromatic N) is 5. The fourth-order valence-electron chi connectivity index (χ4n) is 4.90. The molecule has 1 atom stereocenters. The fraction of sp³-hybridized carbons (Fsp3) is 0.480. The Balaban J connectivity index is 1.47. The van der Waals surface area contributed by atoms with Gasteiger partial charge in [-0.3, -0.25) is 9.48 Å². The number of hydrogen-bond donors (Lipinski definition) is 2. The highest BCUT2D eigenvalue weighted by molar-refractivity contribution is 6.27. The number of hydrogen-bond acceptors (Lipinski definition) is 6. The Morgan fingerprint density at radius 1 is 1.07 bits per heavy atom. The van der Waals surface area contributed by atoms with Gasteiger partial charge in [0.25, 0.3) is 5.91 Å². The molecule has 15 heteroatoms. The van der Waals surface area contributed by atoms with E-state index < -0.39 is 36.6 Å². The van der Waals surface area contributed by atoms with Crippen molar-refractivity contribution in [3.63, 3.8) is 0 Å². The van der Waals surface area contributed by atoms with Gasteiger partial charge in [0, 0.05) is 25.6 Å². The zero-order valence-corrected chi connectivity index (χ0v) is 21.0. The molecule has 0 saturated heterocycles. The number of alkyl halides is 6. The van der Waals surface area contributed by atoms with E-state index in [1.807, 2.05) is 0 Å². The zero-order chi connectivity index (χ0) is 28.5. The largest absolute Gasteiger partial charge is 0.494 e. The molecule has 2 aliphatic rings. The van der Waals surface area contributed by atoms with Crippen LogP contribution in [-0.2, 0) is 16.9 Å². The van der Waals surface area contributed by atoms with Gasteiger partial charge in [-0.05, 0) is 64.9 Å². The first-order chi connectivity index (χ1) is 19.0. The lowest BCUT2D eigenvalue weighted by atomic mass is 9.77. The standard InChI is InChI=1S/C25H25F6N7O2/c26-24(27,28)10-2-12-40-17-7-5-16(6-8-17)23(25(29,30)31)13-18(20(22(39)32-23)21-33-36-37-34-21)19-9-11-38(35-19)14-15-3-1-4-15/h5-9,11,15H,1-4,10,12-14H2,(H,32,39)(H,33,34,36,37)/t23-/m0/s1. The second kappa shape index (κ2) is 10.6.